The molecule has 0 spiro atoms. The number of pyridine rings is 1. The summed E-state index contributed by atoms with van der Waals surface area (Å²) in [6.45, 7) is 3.82. The van der Waals surface area contributed by atoms with Crippen LogP contribution in [0.4, 0.5) is 0 Å². The number of rotatable bonds is 3. The monoisotopic (exact) mass is 233 g/mol. The maximum Gasteiger partial charge on any atom is 0.224 e. The molecule has 1 aliphatic rings. The lowest BCUT2D eigenvalue weighted by atomic mass is 9.98. The van der Waals surface area contributed by atoms with Crippen LogP contribution in [0.2, 0.25) is 0 Å². The van der Waals surface area contributed by atoms with Crippen LogP contribution in [0.5, 0.6) is 0 Å². The maximum absolute atomic E-state index is 12.0. The van der Waals surface area contributed by atoms with E-state index in [1.54, 1.807) is 12.4 Å². The van der Waals surface area contributed by atoms with Gasteiger partial charge in [0.1, 0.15) is 0 Å². The van der Waals surface area contributed by atoms with Crippen LogP contribution >= 0.6 is 0 Å². The van der Waals surface area contributed by atoms with E-state index in [9.17, 15) is 4.79 Å². The lowest BCUT2D eigenvalue weighted by molar-refractivity contribution is -0.126. The molecule has 1 aromatic rings. The Morgan fingerprint density at radius 3 is 3.18 bits per heavy atom. The number of nitrogens with one attached hydrogen (secondary N) is 2. The van der Waals surface area contributed by atoms with E-state index in [2.05, 4.69) is 15.6 Å². The molecule has 1 fully saturated rings. The number of aromatic nitrogens is 1. The van der Waals surface area contributed by atoms with Crippen LogP contribution in [0.1, 0.15) is 31.4 Å². The smallest absolute Gasteiger partial charge is 0.224 e. The van der Waals surface area contributed by atoms with E-state index < -0.39 is 0 Å². The highest BCUT2D eigenvalue weighted by Crippen LogP contribution is 2.14. The number of carbonyl (C=O) groups is 1. The predicted octanol–water partition coefficient (Wildman–Crippen LogP) is 1.26. The van der Waals surface area contributed by atoms with Crippen LogP contribution in [0.15, 0.2) is 24.5 Å². The van der Waals surface area contributed by atoms with Gasteiger partial charge >= 0.3 is 0 Å². The van der Waals surface area contributed by atoms with Crippen molar-refractivity contribution in [3.05, 3.63) is 30.1 Å². The van der Waals surface area contributed by atoms with E-state index in [4.69, 9.17) is 0 Å². The molecule has 0 aromatic carbocycles. The minimum Gasteiger partial charge on any atom is -0.349 e. The standard InChI is InChI=1S/C13H19N3O/c1-10(11-4-2-6-14-8-11)16-13(17)12-5-3-7-15-9-12/h2,4,6,8,10,12,15H,3,5,7,9H2,1H3,(H,16,17)/t10?,12-/m1/s1. The van der Waals surface area contributed by atoms with E-state index in [0.29, 0.717) is 0 Å². The summed E-state index contributed by atoms with van der Waals surface area (Å²) >= 11 is 0. The molecule has 0 radical (unpaired) electrons. The normalized spacial score (nSPS) is 21.8. The van der Waals surface area contributed by atoms with Gasteiger partial charge in [0.05, 0.1) is 12.0 Å². The molecule has 1 aliphatic heterocycles. The summed E-state index contributed by atoms with van der Waals surface area (Å²) < 4.78 is 0. The first kappa shape index (κ1) is 12.0. The molecule has 2 atom stereocenters. The highest BCUT2D eigenvalue weighted by molar-refractivity contribution is 5.79. The first-order valence-corrected chi connectivity index (χ1v) is 6.18. The quantitative estimate of drug-likeness (QED) is 0.826. The summed E-state index contributed by atoms with van der Waals surface area (Å²) in [7, 11) is 0. The van der Waals surface area contributed by atoms with Gasteiger partial charge in [-0.3, -0.25) is 9.78 Å². The Kier molecular flexibility index (Phi) is 4.09. The van der Waals surface area contributed by atoms with Gasteiger partial charge < -0.3 is 10.6 Å². The van der Waals surface area contributed by atoms with Crippen LogP contribution in [0.3, 0.4) is 0 Å². The van der Waals surface area contributed by atoms with Gasteiger partial charge in [0.15, 0.2) is 0 Å². The van der Waals surface area contributed by atoms with Crippen LogP contribution in [0, 0.1) is 5.92 Å². The molecule has 0 bridgehead atoms. The van der Waals surface area contributed by atoms with Gasteiger partial charge in [0, 0.05) is 18.9 Å². The molecule has 2 rings (SSSR count). The second-order valence-electron chi connectivity index (χ2n) is 4.56. The van der Waals surface area contributed by atoms with Crippen molar-refractivity contribution in [3.63, 3.8) is 0 Å². The van der Waals surface area contributed by atoms with Crippen LogP contribution in [0.25, 0.3) is 0 Å². The maximum atomic E-state index is 12.0. The van der Waals surface area contributed by atoms with E-state index in [-0.39, 0.29) is 17.9 Å². The number of nitrogens with zero attached hydrogens (tertiary/aromatic N) is 1. The molecule has 92 valence electrons. The van der Waals surface area contributed by atoms with Crippen molar-refractivity contribution >= 4 is 5.91 Å². The molecule has 4 heteroatoms. The molecule has 1 amide bonds. The summed E-state index contributed by atoms with van der Waals surface area (Å²) in [5.74, 6) is 0.261. The molecule has 2 N–H and O–H groups in total. The summed E-state index contributed by atoms with van der Waals surface area (Å²) in [6.07, 6.45) is 5.60. The summed E-state index contributed by atoms with van der Waals surface area (Å²) in [5, 5.41) is 6.30. The van der Waals surface area contributed by atoms with Crippen molar-refractivity contribution in [3.8, 4) is 0 Å². The average Bonchev–Trinajstić information content (AvgIpc) is 2.40. The van der Waals surface area contributed by atoms with Crippen molar-refractivity contribution in [2.75, 3.05) is 13.1 Å². The van der Waals surface area contributed by atoms with E-state index in [1.807, 2.05) is 19.1 Å². The van der Waals surface area contributed by atoms with Crippen molar-refractivity contribution < 1.29 is 4.79 Å². The zero-order valence-electron chi connectivity index (χ0n) is 10.1. The highest BCUT2D eigenvalue weighted by Gasteiger charge is 2.22. The third kappa shape index (κ3) is 3.27. The van der Waals surface area contributed by atoms with Crippen molar-refractivity contribution in [1.29, 1.82) is 0 Å². The Labute approximate surface area is 102 Å². The van der Waals surface area contributed by atoms with Crippen LogP contribution < -0.4 is 10.6 Å². The summed E-state index contributed by atoms with van der Waals surface area (Å²) in [6, 6.07) is 3.90. The predicted molar refractivity (Wildman–Crippen MR) is 66.4 cm³/mol. The summed E-state index contributed by atoms with van der Waals surface area (Å²) in [5.41, 5.74) is 1.05. The Balaban J connectivity index is 1.89. The number of carbonyl (C=O) groups excluding carboxylic acids is 1. The Morgan fingerprint density at radius 1 is 1.65 bits per heavy atom. The number of piperidine rings is 1. The third-order valence-electron chi connectivity index (χ3n) is 3.21. The van der Waals surface area contributed by atoms with Gasteiger partial charge in [0.2, 0.25) is 5.91 Å². The fraction of sp³-hybridized carbons (Fsp3) is 0.538. The van der Waals surface area contributed by atoms with Gasteiger partial charge in [-0.1, -0.05) is 6.07 Å². The van der Waals surface area contributed by atoms with Crippen molar-refractivity contribution in [2.45, 2.75) is 25.8 Å². The van der Waals surface area contributed by atoms with E-state index in [1.165, 1.54) is 0 Å². The minimum absolute atomic E-state index is 0.0260. The molecular formula is C13H19N3O. The Morgan fingerprint density at radius 2 is 2.53 bits per heavy atom. The second kappa shape index (κ2) is 5.77. The first-order chi connectivity index (χ1) is 8.27. The molecule has 0 aliphatic carbocycles. The lowest BCUT2D eigenvalue weighted by Crippen LogP contribution is -2.41. The Hall–Kier alpha value is -1.42. The molecule has 2 heterocycles. The van der Waals surface area contributed by atoms with E-state index in [0.717, 1.165) is 31.5 Å². The lowest BCUT2D eigenvalue weighted by Gasteiger charge is -2.24. The SMILES string of the molecule is CC(NC(=O)[C@@H]1CCCNC1)c1cccnc1. The third-order valence-corrected chi connectivity index (χ3v) is 3.21. The fourth-order valence-corrected chi connectivity index (χ4v) is 2.12. The molecular weight excluding hydrogens is 214 g/mol. The zero-order valence-corrected chi connectivity index (χ0v) is 10.1. The molecule has 17 heavy (non-hydrogen) atoms. The summed E-state index contributed by atoms with van der Waals surface area (Å²) in [4.78, 5) is 16.1. The largest absolute Gasteiger partial charge is 0.349 e. The van der Waals surface area contributed by atoms with Gasteiger partial charge in [-0.15, -0.1) is 0 Å². The molecule has 0 saturated carbocycles. The number of amides is 1. The zero-order chi connectivity index (χ0) is 12.1. The van der Waals surface area contributed by atoms with Crippen LogP contribution in [-0.2, 0) is 4.79 Å². The molecule has 1 unspecified atom stereocenters. The van der Waals surface area contributed by atoms with Gasteiger partial charge in [0.25, 0.3) is 0 Å². The molecule has 1 saturated heterocycles. The second-order valence-corrected chi connectivity index (χ2v) is 4.56. The topological polar surface area (TPSA) is 54.0 Å². The fourth-order valence-electron chi connectivity index (χ4n) is 2.12. The van der Waals surface area contributed by atoms with E-state index >= 15 is 0 Å². The molecule has 1 aromatic heterocycles. The first-order valence-electron chi connectivity index (χ1n) is 6.18. The van der Waals surface area contributed by atoms with Crippen molar-refractivity contribution in [2.24, 2.45) is 5.92 Å². The van der Waals surface area contributed by atoms with Crippen LogP contribution in [-0.4, -0.2) is 24.0 Å². The number of hydrogen-bond acceptors (Lipinski definition) is 3. The Bertz CT molecular complexity index is 360. The minimum atomic E-state index is 0.0260. The van der Waals surface area contributed by atoms with Crippen molar-refractivity contribution in [1.82, 2.24) is 15.6 Å². The van der Waals surface area contributed by atoms with Gasteiger partial charge in [-0.05, 0) is 37.9 Å². The number of hydrogen-bond donors (Lipinski definition) is 2. The average molecular weight is 233 g/mol. The molecule has 4 nitrogen and oxygen atoms in total. The highest BCUT2D eigenvalue weighted by atomic mass is 16.1. The van der Waals surface area contributed by atoms with Gasteiger partial charge in [-0.25, -0.2) is 0 Å². The van der Waals surface area contributed by atoms with Gasteiger partial charge in [-0.2, -0.15) is 0 Å².